The molecule has 0 amide bonds. The Kier molecular flexibility index (Phi) is 4.92. The van der Waals surface area contributed by atoms with Crippen molar-refractivity contribution in [3.8, 4) is 5.75 Å². The Morgan fingerprint density at radius 1 is 1.12 bits per heavy atom. The molecule has 1 aromatic rings. The normalized spacial score (nSPS) is 16.3. The van der Waals surface area contributed by atoms with Crippen molar-refractivity contribution >= 4 is 23.6 Å². The molecule has 0 radical (unpaired) electrons. The third kappa shape index (κ3) is 4.34. The van der Waals surface area contributed by atoms with Crippen LogP contribution in [-0.4, -0.2) is 23.7 Å². The molecule has 0 saturated carbocycles. The Morgan fingerprint density at radius 2 is 1.67 bits per heavy atom. The zero-order chi connectivity index (χ0) is 17.9. The smallest absolute Gasteiger partial charge is 0.350 e. The summed E-state index contributed by atoms with van der Waals surface area (Å²) in [6.07, 6.45) is 1.22. The number of rotatable bonds is 4. The Morgan fingerprint density at radius 3 is 2.17 bits per heavy atom. The van der Waals surface area contributed by atoms with Crippen LogP contribution in [0.15, 0.2) is 36.0 Å². The Bertz CT molecular complexity index is 666. The summed E-state index contributed by atoms with van der Waals surface area (Å²) >= 11 is 0. The van der Waals surface area contributed by atoms with E-state index in [1.165, 1.54) is 20.0 Å². The van der Waals surface area contributed by atoms with E-state index in [4.69, 9.17) is 14.2 Å². The van der Waals surface area contributed by atoms with Gasteiger partial charge in [0.2, 0.25) is 0 Å². The molecule has 7 nitrogen and oxygen atoms in total. The molecule has 0 bridgehead atoms. The van der Waals surface area contributed by atoms with E-state index in [1.807, 2.05) is 0 Å². The Labute approximate surface area is 139 Å². The third-order valence-corrected chi connectivity index (χ3v) is 3.04. The van der Waals surface area contributed by atoms with E-state index in [0.29, 0.717) is 11.4 Å². The highest BCUT2D eigenvalue weighted by molar-refractivity contribution is 6.15. The molecule has 0 atom stereocenters. The van der Waals surface area contributed by atoms with E-state index in [0.717, 1.165) is 0 Å². The molecule has 1 saturated heterocycles. The second-order valence-corrected chi connectivity index (χ2v) is 5.98. The fourth-order valence-corrected chi connectivity index (χ4v) is 1.79. The summed E-state index contributed by atoms with van der Waals surface area (Å²) in [5, 5.41) is 2.80. The van der Waals surface area contributed by atoms with Gasteiger partial charge in [-0.05, 0) is 24.3 Å². The number of cyclic esters (lactones) is 2. The molecule has 1 fully saturated rings. The highest BCUT2D eigenvalue weighted by atomic mass is 16.7. The summed E-state index contributed by atoms with van der Waals surface area (Å²) in [6, 6.07) is 6.48. The van der Waals surface area contributed by atoms with Crippen molar-refractivity contribution in [1.29, 1.82) is 0 Å². The number of benzene rings is 1. The fraction of sp³-hybridized carbons (Fsp3) is 0.353. The highest BCUT2D eigenvalue weighted by Gasteiger charge is 2.38. The predicted octanol–water partition coefficient (Wildman–Crippen LogP) is 2.38. The van der Waals surface area contributed by atoms with Gasteiger partial charge in [0, 0.05) is 25.7 Å². The molecule has 1 heterocycles. The largest absolute Gasteiger partial charge is 0.426 e. The van der Waals surface area contributed by atoms with Crippen LogP contribution in [0.4, 0.5) is 5.69 Å². The summed E-state index contributed by atoms with van der Waals surface area (Å²) in [4.78, 5) is 35.1. The van der Waals surface area contributed by atoms with Gasteiger partial charge in [-0.3, -0.25) is 4.79 Å². The van der Waals surface area contributed by atoms with E-state index in [2.05, 4.69) is 5.32 Å². The zero-order valence-corrected chi connectivity index (χ0v) is 13.9. The van der Waals surface area contributed by atoms with Gasteiger partial charge in [-0.15, -0.1) is 0 Å². The maximum Gasteiger partial charge on any atom is 0.350 e. The van der Waals surface area contributed by atoms with Crippen LogP contribution in [0, 0.1) is 5.92 Å². The maximum atomic E-state index is 11.8. The van der Waals surface area contributed by atoms with Crippen LogP contribution in [0.3, 0.4) is 0 Å². The second-order valence-electron chi connectivity index (χ2n) is 5.98. The van der Waals surface area contributed by atoms with Gasteiger partial charge in [-0.2, -0.15) is 0 Å². The van der Waals surface area contributed by atoms with Gasteiger partial charge in [0.15, 0.2) is 5.57 Å². The first-order chi connectivity index (χ1) is 11.2. The Balaban J connectivity index is 2.03. The lowest BCUT2D eigenvalue weighted by Crippen LogP contribution is -2.42. The van der Waals surface area contributed by atoms with Crippen molar-refractivity contribution in [2.24, 2.45) is 5.92 Å². The number of carbonyl (C=O) groups excluding carboxylic acids is 3. The molecule has 1 aromatic carbocycles. The number of carbonyl (C=O) groups is 3. The van der Waals surface area contributed by atoms with E-state index < -0.39 is 17.7 Å². The van der Waals surface area contributed by atoms with Crippen LogP contribution >= 0.6 is 0 Å². The fourth-order valence-electron chi connectivity index (χ4n) is 1.79. The van der Waals surface area contributed by atoms with Gasteiger partial charge in [0.1, 0.15) is 5.75 Å². The first kappa shape index (κ1) is 17.5. The summed E-state index contributed by atoms with van der Waals surface area (Å²) in [5.74, 6) is -2.93. The molecule has 0 unspecified atom stereocenters. The van der Waals surface area contributed by atoms with Crippen LogP contribution in [0.1, 0.15) is 27.7 Å². The number of hydrogen-bond acceptors (Lipinski definition) is 7. The van der Waals surface area contributed by atoms with Gasteiger partial charge < -0.3 is 19.5 Å². The Hall–Kier alpha value is -2.83. The number of hydrogen-bond donors (Lipinski definition) is 1. The van der Waals surface area contributed by atoms with Crippen molar-refractivity contribution in [3.63, 3.8) is 0 Å². The molecule has 2 rings (SSSR count). The monoisotopic (exact) mass is 333 g/mol. The minimum absolute atomic E-state index is 0.222. The standard InChI is InChI=1S/C17H19NO6/c1-10(2)14(19)22-12-7-5-11(6-8-12)18-9-13-15(20)23-17(3,4)24-16(13)21/h5-10,18H,1-4H3. The summed E-state index contributed by atoms with van der Waals surface area (Å²) < 4.78 is 15.1. The molecule has 1 N–H and O–H groups in total. The average Bonchev–Trinajstić information content (AvgIpc) is 2.46. The average molecular weight is 333 g/mol. The lowest BCUT2D eigenvalue weighted by Gasteiger charge is -2.29. The van der Waals surface area contributed by atoms with Gasteiger partial charge in [-0.1, -0.05) is 13.8 Å². The number of esters is 3. The molecule has 0 spiro atoms. The molecule has 128 valence electrons. The van der Waals surface area contributed by atoms with Gasteiger partial charge >= 0.3 is 17.9 Å². The SMILES string of the molecule is CC(C)C(=O)Oc1ccc(NC=C2C(=O)OC(C)(C)OC2=O)cc1. The highest BCUT2D eigenvalue weighted by Crippen LogP contribution is 2.23. The van der Waals surface area contributed by atoms with Crippen LogP contribution in [0.25, 0.3) is 0 Å². The van der Waals surface area contributed by atoms with Crippen molar-refractivity contribution in [2.45, 2.75) is 33.5 Å². The molecule has 24 heavy (non-hydrogen) atoms. The van der Waals surface area contributed by atoms with Crippen molar-refractivity contribution in [1.82, 2.24) is 0 Å². The van der Waals surface area contributed by atoms with Crippen LogP contribution < -0.4 is 10.1 Å². The zero-order valence-electron chi connectivity index (χ0n) is 13.9. The molecule has 1 aliphatic rings. The summed E-state index contributed by atoms with van der Waals surface area (Å²) in [7, 11) is 0. The van der Waals surface area contributed by atoms with Crippen molar-refractivity contribution in [2.75, 3.05) is 5.32 Å². The molecule has 1 aliphatic heterocycles. The molecule has 0 aliphatic carbocycles. The van der Waals surface area contributed by atoms with Gasteiger partial charge in [-0.25, -0.2) is 9.59 Å². The topological polar surface area (TPSA) is 90.9 Å². The van der Waals surface area contributed by atoms with Crippen LogP contribution in [0.5, 0.6) is 5.75 Å². The number of ether oxygens (including phenoxy) is 3. The minimum Gasteiger partial charge on any atom is -0.426 e. The molecule has 7 heteroatoms. The number of anilines is 1. The van der Waals surface area contributed by atoms with Crippen molar-refractivity contribution < 1.29 is 28.6 Å². The second kappa shape index (κ2) is 6.74. The first-order valence-corrected chi connectivity index (χ1v) is 7.43. The van der Waals surface area contributed by atoms with Crippen LogP contribution in [0.2, 0.25) is 0 Å². The maximum absolute atomic E-state index is 11.8. The lowest BCUT2D eigenvalue weighted by atomic mass is 10.2. The van der Waals surface area contributed by atoms with E-state index in [1.54, 1.807) is 38.1 Å². The molecular formula is C17H19NO6. The van der Waals surface area contributed by atoms with Crippen molar-refractivity contribution in [3.05, 3.63) is 36.0 Å². The quantitative estimate of drug-likeness (QED) is 0.391. The van der Waals surface area contributed by atoms with Crippen LogP contribution in [-0.2, 0) is 23.9 Å². The van der Waals surface area contributed by atoms with E-state index in [9.17, 15) is 14.4 Å². The van der Waals surface area contributed by atoms with Gasteiger partial charge in [0.05, 0.1) is 5.92 Å². The first-order valence-electron chi connectivity index (χ1n) is 7.43. The predicted molar refractivity (Wildman–Crippen MR) is 84.9 cm³/mol. The van der Waals surface area contributed by atoms with Gasteiger partial charge in [0.25, 0.3) is 5.79 Å². The minimum atomic E-state index is -1.27. The lowest BCUT2D eigenvalue weighted by molar-refractivity contribution is -0.222. The summed E-state index contributed by atoms with van der Waals surface area (Å²) in [5.41, 5.74) is 0.363. The molecular weight excluding hydrogens is 314 g/mol. The van der Waals surface area contributed by atoms with E-state index in [-0.39, 0.29) is 17.5 Å². The number of nitrogens with one attached hydrogen (secondary N) is 1. The third-order valence-electron chi connectivity index (χ3n) is 3.04. The van der Waals surface area contributed by atoms with E-state index >= 15 is 0 Å². The molecule has 0 aromatic heterocycles. The summed E-state index contributed by atoms with van der Waals surface area (Å²) in [6.45, 7) is 6.44.